The summed E-state index contributed by atoms with van der Waals surface area (Å²) in [5, 5.41) is 41.4. The molecule has 4 rings (SSSR count). The second-order valence-corrected chi connectivity index (χ2v) is 12.2. The second-order valence-electron chi connectivity index (χ2n) is 12.2. The zero-order valence-corrected chi connectivity index (χ0v) is 20.4. The van der Waals surface area contributed by atoms with Gasteiger partial charge in [-0.05, 0) is 73.0 Å². The average Bonchev–Trinajstić information content (AvgIpc) is 3.01. The van der Waals surface area contributed by atoms with Gasteiger partial charge >= 0.3 is 0 Å². The highest BCUT2D eigenvalue weighted by molar-refractivity contribution is 6.00. The Balaban J connectivity index is 1.61. The van der Waals surface area contributed by atoms with Gasteiger partial charge in [0.25, 0.3) is 0 Å². The van der Waals surface area contributed by atoms with Gasteiger partial charge < -0.3 is 20.4 Å². The molecule has 0 aromatic heterocycles. The van der Waals surface area contributed by atoms with Gasteiger partial charge in [-0.3, -0.25) is 4.79 Å². The van der Waals surface area contributed by atoms with Gasteiger partial charge in [0, 0.05) is 24.5 Å². The molecule has 5 nitrogen and oxygen atoms in total. The number of ketones is 1. The second kappa shape index (κ2) is 8.79. The monoisotopic (exact) mass is 448 g/mol. The lowest BCUT2D eigenvalue weighted by Gasteiger charge is -2.59. The lowest BCUT2D eigenvalue weighted by atomic mass is 9.47. The van der Waals surface area contributed by atoms with Crippen LogP contribution in [0.2, 0.25) is 0 Å². The fraction of sp³-hybridized carbons (Fsp3) is 0.889. The normalized spacial score (nSPS) is 45.8. The van der Waals surface area contributed by atoms with Gasteiger partial charge in [-0.25, -0.2) is 0 Å². The van der Waals surface area contributed by atoms with Crippen molar-refractivity contribution in [2.45, 2.75) is 104 Å². The molecule has 4 aliphatic rings. The first-order valence-corrected chi connectivity index (χ1v) is 13.0. The smallest absolute Gasteiger partial charge is 0.159 e. The van der Waals surface area contributed by atoms with E-state index in [4.69, 9.17) is 0 Å². The van der Waals surface area contributed by atoms with E-state index in [1.54, 1.807) is 0 Å². The first-order valence-electron chi connectivity index (χ1n) is 13.0. The van der Waals surface area contributed by atoms with E-state index in [1.165, 1.54) is 5.57 Å². The minimum Gasteiger partial charge on any atom is -0.396 e. The quantitative estimate of drug-likeness (QED) is 0.497. The van der Waals surface area contributed by atoms with Crippen LogP contribution in [0.25, 0.3) is 0 Å². The van der Waals surface area contributed by atoms with Gasteiger partial charge in [0.15, 0.2) is 5.78 Å². The summed E-state index contributed by atoms with van der Waals surface area (Å²) in [6, 6.07) is 0. The van der Waals surface area contributed by atoms with Gasteiger partial charge in [-0.1, -0.05) is 46.1 Å². The summed E-state index contributed by atoms with van der Waals surface area (Å²) in [4.78, 5) is 13.4. The molecule has 0 saturated heterocycles. The van der Waals surface area contributed by atoms with Crippen LogP contribution < -0.4 is 0 Å². The molecule has 3 unspecified atom stereocenters. The van der Waals surface area contributed by atoms with Crippen LogP contribution in [0.15, 0.2) is 11.1 Å². The van der Waals surface area contributed by atoms with Crippen LogP contribution >= 0.6 is 0 Å². The van der Waals surface area contributed by atoms with E-state index < -0.39 is 18.3 Å². The molecule has 0 radical (unpaired) electrons. The summed E-state index contributed by atoms with van der Waals surface area (Å²) in [5.74, 6) is 1.28. The van der Waals surface area contributed by atoms with Gasteiger partial charge in [-0.2, -0.15) is 0 Å². The minimum absolute atomic E-state index is 0.124. The molecule has 4 N–H and O–H groups in total. The maximum absolute atomic E-state index is 13.4. The highest BCUT2D eigenvalue weighted by Gasteiger charge is 2.61. The van der Waals surface area contributed by atoms with Crippen LogP contribution in [0.4, 0.5) is 0 Å². The summed E-state index contributed by atoms with van der Waals surface area (Å²) in [7, 11) is 0. The lowest BCUT2D eigenvalue weighted by molar-refractivity contribution is -0.166. The molecule has 0 heterocycles. The number of carbonyl (C=O) groups excluding carboxylic acids is 1. The Morgan fingerprint density at radius 3 is 2.41 bits per heavy atom. The topological polar surface area (TPSA) is 98.0 Å². The van der Waals surface area contributed by atoms with Crippen molar-refractivity contribution in [2.75, 3.05) is 6.61 Å². The van der Waals surface area contributed by atoms with Crippen molar-refractivity contribution < 1.29 is 25.2 Å². The van der Waals surface area contributed by atoms with Gasteiger partial charge in [0.05, 0.1) is 18.3 Å². The van der Waals surface area contributed by atoms with Gasteiger partial charge in [-0.15, -0.1) is 0 Å². The van der Waals surface area contributed by atoms with Crippen molar-refractivity contribution in [2.24, 2.45) is 40.4 Å². The van der Waals surface area contributed by atoms with Crippen molar-refractivity contribution in [1.82, 2.24) is 0 Å². The standard InChI is InChI=1S/C27H44O5/c1-15(14-28)6-5-7-16(2)19-13-22(31)23-17-12-21(30)24-25(32)20(29)9-11-26(24,3)18(17)8-10-27(19,23)4/h15-16,18-21,24-25,28-30,32H,5-14H2,1-4H3/t15-,16+,18?,19?,20-,21-,24?,25-,26+,27+/m0/s1. The molecule has 182 valence electrons. The zero-order valence-electron chi connectivity index (χ0n) is 20.4. The van der Waals surface area contributed by atoms with E-state index in [9.17, 15) is 25.2 Å². The maximum atomic E-state index is 13.4. The molecule has 4 aliphatic carbocycles. The molecule has 3 saturated carbocycles. The third kappa shape index (κ3) is 3.72. The molecule has 5 heteroatoms. The van der Waals surface area contributed by atoms with Crippen molar-refractivity contribution in [3.8, 4) is 0 Å². The number of fused-ring (bicyclic) bond motifs is 4. The Hall–Kier alpha value is -0.750. The van der Waals surface area contributed by atoms with Crippen LogP contribution in [-0.2, 0) is 4.79 Å². The number of aliphatic hydroxyl groups excluding tert-OH is 4. The molecule has 0 aromatic carbocycles. The van der Waals surface area contributed by atoms with Gasteiger partial charge in [0.1, 0.15) is 0 Å². The highest BCUT2D eigenvalue weighted by atomic mass is 16.3. The largest absolute Gasteiger partial charge is 0.396 e. The number of Topliss-reactive ketones (excluding diaryl/α,β-unsaturated/α-hetero) is 1. The van der Waals surface area contributed by atoms with Crippen molar-refractivity contribution >= 4 is 5.78 Å². The summed E-state index contributed by atoms with van der Waals surface area (Å²) >= 11 is 0. The number of rotatable bonds is 6. The molecule has 0 aliphatic heterocycles. The SMILES string of the molecule is C[C@H](CO)CCC[C@@H](C)C1CC(=O)C2=C3C[C@H](O)C4[C@@H](O)[C@@H](O)CC[C@]4(C)C3CC[C@@]21C. The molecule has 32 heavy (non-hydrogen) atoms. The van der Waals surface area contributed by atoms with E-state index in [-0.39, 0.29) is 35.1 Å². The molecular formula is C27H44O5. The highest BCUT2D eigenvalue weighted by Crippen LogP contribution is 2.65. The average molecular weight is 449 g/mol. The lowest BCUT2D eigenvalue weighted by Crippen LogP contribution is -2.59. The van der Waals surface area contributed by atoms with Crippen LogP contribution in [0.1, 0.15) is 85.5 Å². The maximum Gasteiger partial charge on any atom is 0.159 e. The number of hydrogen-bond donors (Lipinski definition) is 4. The molecular weight excluding hydrogens is 404 g/mol. The molecule has 0 aromatic rings. The van der Waals surface area contributed by atoms with E-state index >= 15 is 0 Å². The Bertz CT molecular complexity index is 761. The fourth-order valence-corrected chi connectivity index (χ4v) is 8.41. The fourth-order valence-electron chi connectivity index (χ4n) is 8.41. The van der Waals surface area contributed by atoms with Gasteiger partial charge in [0.2, 0.25) is 0 Å². The summed E-state index contributed by atoms with van der Waals surface area (Å²) in [6.45, 7) is 9.06. The van der Waals surface area contributed by atoms with Crippen molar-refractivity contribution in [3.05, 3.63) is 11.1 Å². The van der Waals surface area contributed by atoms with Crippen LogP contribution in [-0.4, -0.2) is 51.1 Å². The van der Waals surface area contributed by atoms with Crippen LogP contribution in [0.3, 0.4) is 0 Å². The number of allylic oxidation sites excluding steroid dienone is 1. The Morgan fingerprint density at radius 1 is 1.00 bits per heavy atom. The minimum atomic E-state index is -0.892. The van der Waals surface area contributed by atoms with Crippen LogP contribution in [0.5, 0.6) is 0 Å². The molecule has 0 amide bonds. The third-order valence-corrected chi connectivity index (χ3v) is 10.3. The predicted molar refractivity (Wildman–Crippen MR) is 124 cm³/mol. The van der Waals surface area contributed by atoms with Crippen LogP contribution in [0, 0.1) is 40.4 Å². The Kier molecular flexibility index (Phi) is 6.70. The summed E-state index contributed by atoms with van der Waals surface area (Å²) < 4.78 is 0. The Morgan fingerprint density at radius 2 is 1.72 bits per heavy atom. The van der Waals surface area contributed by atoms with E-state index in [1.807, 2.05) is 0 Å². The Labute approximate surface area is 193 Å². The first-order chi connectivity index (χ1) is 15.0. The molecule has 0 bridgehead atoms. The number of carbonyl (C=O) groups is 1. The molecule has 0 spiro atoms. The summed E-state index contributed by atoms with van der Waals surface area (Å²) in [5.41, 5.74) is 1.78. The van der Waals surface area contributed by atoms with Crippen molar-refractivity contribution in [1.29, 1.82) is 0 Å². The van der Waals surface area contributed by atoms with E-state index in [0.29, 0.717) is 37.0 Å². The molecule has 10 atom stereocenters. The van der Waals surface area contributed by atoms with Crippen molar-refractivity contribution in [3.63, 3.8) is 0 Å². The number of hydrogen-bond acceptors (Lipinski definition) is 5. The zero-order chi connectivity index (χ0) is 23.4. The van der Waals surface area contributed by atoms with E-state index in [0.717, 1.165) is 44.1 Å². The summed E-state index contributed by atoms with van der Waals surface area (Å²) in [6.07, 6.45) is 5.19. The molecule has 3 fully saturated rings. The van der Waals surface area contributed by atoms with E-state index in [2.05, 4.69) is 27.7 Å². The first kappa shape index (κ1) is 24.4. The number of aliphatic hydroxyl groups is 4. The predicted octanol–water partition coefficient (Wildman–Crippen LogP) is 3.63. The third-order valence-electron chi connectivity index (χ3n) is 10.3.